The Morgan fingerprint density at radius 1 is 0.931 bits per heavy atom. The van der Waals surface area contributed by atoms with E-state index in [1.165, 1.54) is 0 Å². The zero-order chi connectivity index (χ0) is 21.1. The summed E-state index contributed by atoms with van der Waals surface area (Å²) in [5, 5.41) is 5.19. The van der Waals surface area contributed by atoms with Gasteiger partial charge in [-0.1, -0.05) is 19.4 Å². The van der Waals surface area contributed by atoms with Crippen LogP contribution in [0.2, 0.25) is 0 Å². The van der Waals surface area contributed by atoms with E-state index in [0.717, 1.165) is 24.2 Å². The number of carbonyl (C=O) groups is 2. The normalized spacial score (nSPS) is 10.2. The molecule has 0 atom stereocenters. The molecule has 0 heterocycles. The molecule has 156 valence electrons. The Kier molecular flexibility index (Phi) is 8.82. The monoisotopic (exact) mass is 400 g/mol. The second kappa shape index (κ2) is 11.6. The number of unbranched alkanes of at least 4 members (excludes halogenated alkanes) is 1. The van der Waals surface area contributed by atoms with Crippen LogP contribution in [0, 0.1) is 0 Å². The second-order valence-corrected chi connectivity index (χ2v) is 6.38. The fourth-order valence-corrected chi connectivity index (χ4v) is 2.59. The number of anilines is 1. The SMILES string of the molecule is CCCCOc1ccc(NC(=O)C(=O)NCCc2ccc(OC)c(OC)c2)cc1. The highest BCUT2D eigenvalue weighted by atomic mass is 16.5. The van der Waals surface area contributed by atoms with E-state index in [9.17, 15) is 9.59 Å². The lowest BCUT2D eigenvalue weighted by Crippen LogP contribution is -2.36. The molecule has 7 nitrogen and oxygen atoms in total. The van der Waals surface area contributed by atoms with Crippen LogP contribution in [0.3, 0.4) is 0 Å². The third kappa shape index (κ3) is 7.03. The fourth-order valence-electron chi connectivity index (χ4n) is 2.59. The topological polar surface area (TPSA) is 85.9 Å². The average Bonchev–Trinajstić information content (AvgIpc) is 2.74. The maximum Gasteiger partial charge on any atom is 0.313 e. The first kappa shape index (κ1) is 22.1. The van der Waals surface area contributed by atoms with Gasteiger partial charge in [-0.05, 0) is 54.8 Å². The van der Waals surface area contributed by atoms with Gasteiger partial charge in [0, 0.05) is 12.2 Å². The number of rotatable bonds is 10. The largest absolute Gasteiger partial charge is 0.494 e. The highest BCUT2D eigenvalue weighted by Crippen LogP contribution is 2.27. The Bertz CT molecular complexity index is 805. The molecule has 2 aromatic rings. The Balaban J connectivity index is 1.78. The van der Waals surface area contributed by atoms with Gasteiger partial charge in [0.1, 0.15) is 5.75 Å². The number of methoxy groups -OCH3 is 2. The van der Waals surface area contributed by atoms with Crippen molar-refractivity contribution in [3.8, 4) is 17.2 Å². The van der Waals surface area contributed by atoms with Gasteiger partial charge in [0.05, 0.1) is 20.8 Å². The molecule has 7 heteroatoms. The minimum atomic E-state index is -0.711. The number of ether oxygens (including phenoxy) is 3. The predicted molar refractivity (Wildman–Crippen MR) is 112 cm³/mol. The van der Waals surface area contributed by atoms with Crippen molar-refractivity contribution in [3.63, 3.8) is 0 Å². The predicted octanol–water partition coefficient (Wildman–Crippen LogP) is 3.18. The van der Waals surface area contributed by atoms with Gasteiger partial charge in [-0.25, -0.2) is 0 Å². The molecule has 29 heavy (non-hydrogen) atoms. The van der Waals surface area contributed by atoms with Crippen LogP contribution in [-0.2, 0) is 16.0 Å². The van der Waals surface area contributed by atoms with Gasteiger partial charge in [-0.2, -0.15) is 0 Å². The van der Waals surface area contributed by atoms with Crippen LogP contribution in [0.1, 0.15) is 25.3 Å². The van der Waals surface area contributed by atoms with E-state index < -0.39 is 11.8 Å². The summed E-state index contributed by atoms with van der Waals surface area (Å²) in [6, 6.07) is 12.5. The zero-order valence-electron chi connectivity index (χ0n) is 17.1. The molecule has 0 bridgehead atoms. The summed E-state index contributed by atoms with van der Waals surface area (Å²) in [7, 11) is 3.14. The molecule has 0 aliphatic carbocycles. The summed E-state index contributed by atoms with van der Waals surface area (Å²) < 4.78 is 16.0. The van der Waals surface area contributed by atoms with Crippen molar-refractivity contribution in [2.45, 2.75) is 26.2 Å². The van der Waals surface area contributed by atoms with Crippen molar-refractivity contribution in [2.24, 2.45) is 0 Å². The Labute approximate surface area is 171 Å². The van der Waals surface area contributed by atoms with E-state index >= 15 is 0 Å². The molecule has 2 N–H and O–H groups in total. The van der Waals surface area contributed by atoms with Crippen LogP contribution in [0.5, 0.6) is 17.2 Å². The number of hydrogen-bond acceptors (Lipinski definition) is 5. The summed E-state index contributed by atoms with van der Waals surface area (Å²) in [6.45, 7) is 3.08. The third-order valence-electron chi connectivity index (χ3n) is 4.23. The maximum atomic E-state index is 12.0. The molecule has 0 spiro atoms. The standard InChI is InChI=1S/C22H28N2O5/c1-4-5-14-29-18-9-7-17(8-10-18)24-22(26)21(25)23-13-12-16-6-11-19(27-2)20(15-16)28-3/h6-11,15H,4-5,12-14H2,1-3H3,(H,23,25)(H,24,26). The quantitative estimate of drug-likeness (QED) is 0.473. The summed E-state index contributed by atoms with van der Waals surface area (Å²) in [4.78, 5) is 24.1. The summed E-state index contributed by atoms with van der Waals surface area (Å²) >= 11 is 0. The number of amides is 2. The molecule has 0 radical (unpaired) electrons. The minimum absolute atomic E-state index is 0.325. The number of nitrogens with one attached hydrogen (secondary N) is 2. The van der Waals surface area contributed by atoms with Crippen molar-refractivity contribution in [3.05, 3.63) is 48.0 Å². The number of hydrogen-bond donors (Lipinski definition) is 2. The smallest absolute Gasteiger partial charge is 0.313 e. The van der Waals surface area contributed by atoms with E-state index in [0.29, 0.717) is 36.8 Å². The first-order chi connectivity index (χ1) is 14.1. The molecular weight excluding hydrogens is 372 g/mol. The Morgan fingerprint density at radius 2 is 1.66 bits per heavy atom. The van der Waals surface area contributed by atoms with E-state index in [1.807, 2.05) is 12.1 Å². The van der Waals surface area contributed by atoms with E-state index in [1.54, 1.807) is 44.6 Å². The summed E-state index contributed by atoms with van der Waals surface area (Å²) in [5.74, 6) is 0.596. The van der Waals surface area contributed by atoms with Gasteiger partial charge >= 0.3 is 11.8 Å². The van der Waals surface area contributed by atoms with Gasteiger partial charge in [0.2, 0.25) is 0 Å². The van der Waals surface area contributed by atoms with E-state index in [4.69, 9.17) is 14.2 Å². The van der Waals surface area contributed by atoms with E-state index in [-0.39, 0.29) is 0 Å². The van der Waals surface area contributed by atoms with Crippen LogP contribution in [0.25, 0.3) is 0 Å². The number of carbonyl (C=O) groups excluding carboxylic acids is 2. The molecule has 0 saturated carbocycles. The highest BCUT2D eigenvalue weighted by Gasteiger charge is 2.13. The lowest BCUT2D eigenvalue weighted by Gasteiger charge is -2.10. The minimum Gasteiger partial charge on any atom is -0.494 e. The molecule has 0 unspecified atom stereocenters. The van der Waals surface area contributed by atoms with Crippen LogP contribution >= 0.6 is 0 Å². The first-order valence-corrected chi connectivity index (χ1v) is 9.60. The second-order valence-electron chi connectivity index (χ2n) is 6.38. The van der Waals surface area contributed by atoms with Gasteiger partial charge in [-0.3, -0.25) is 9.59 Å². The van der Waals surface area contributed by atoms with Gasteiger partial charge in [0.25, 0.3) is 0 Å². The Hall–Kier alpha value is -3.22. The molecule has 0 aliphatic rings. The number of benzene rings is 2. The fraction of sp³-hybridized carbons (Fsp3) is 0.364. The lowest BCUT2D eigenvalue weighted by molar-refractivity contribution is -0.136. The molecule has 0 aromatic heterocycles. The van der Waals surface area contributed by atoms with Crippen molar-refractivity contribution < 1.29 is 23.8 Å². The maximum absolute atomic E-state index is 12.0. The van der Waals surface area contributed by atoms with Crippen LogP contribution < -0.4 is 24.8 Å². The summed E-state index contributed by atoms with van der Waals surface area (Å²) in [6.07, 6.45) is 2.61. The van der Waals surface area contributed by atoms with Crippen molar-refractivity contribution in [1.82, 2.24) is 5.32 Å². The lowest BCUT2D eigenvalue weighted by atomic mass is 10.1. The Morgan fingerprint density at radius 3 is 2.31 bits per heavy atom. The molecule has 0 aliphatic heterocycles. The zero-order valence-corrected chi connectivity index (χ0v) is 17.1. The van der Waals surface area contributed by atoms with Gasteiger partial charge in [-0.15, -0.1) is 0 Å². The molecule has 0 fully saturated rings. The highest BCUT2D eigenvalue weighted by molar-refractivity contribution is 6.39. The van der Waals surface area contributed by atoms with Crippen LogP contribution in [0.4, 0.5) is 5.69 Å². The summed E-state index contributed by atoms with van der Waals surface area (Å²) in [5.41, 5.74) is 1.50. The van der Waals surface area contributed by atoms with Gasteiger partial charge in [0.15, 0.2) is 11.5 Å². The van der Waals surface area contributed by atoms with E-state index in [2.05, 4.69) is 17.6 Å². The molecule has 0 saturated heterocycles. The van der Waals surface area contributed by atoms with Crippen LogP contribution in [0.15, 0.2) is 42.5 Å². The van der Waals surface area contributed by atoms with Crippen molar-refractivity contribution in [2.75, 3.05) is 32.7 Å². The van der Waals surface area contributed by atoms with Crippen molar-refractivity contribution >= 4 is 17.5 Å². The molecule has 2 amide bonds. The first-order valence-electron chi connectivity index (χ1n) is 9.60. The average molecular weight is 400 g/mol. The van der Waals surface area contributed by atoms with Crippen LogP contribution in [-0.4, -0.2) is 39.2 Å². The van der Waals surface area contributed by atoms with Gasteiger partial charge < -0.3 is 24.8 Å². The molecular formula is C22H28N2O5. The molecule has 2 aromatic carbocycles. The third-order valence-corrected chi connectivity index (χ3v) is 4.23. The van der Waals surface area contributed by atoms with Crippen molar-refractivity contribution in [1.29, 1.82) is 0 Å². The molecule has 2 rings (SSSR count).